The molecule has 1 heterocycles. The van der Waals surface area contributed by atoms with Gasteiger partial charge in [-0.25, -0.2) is 9.07 Å². The van der Waals surface area contributed by atoms with Gasteiger partial charge < -0.3 is 5.32 Å². The van der Waals surface area contributed by atoms with E-state index in [2.05, 4.69) is 10.4 Å². The van der Waals surface area contributed by atoms with E-state index in [0.29, 0.717) is 15.8 Å². The van der Waals surface area contributed by atoms with E-state index in [4.69, 9.17) is 0 Å². The molecule has 0 spiro atoms. The number of carbonyl (C=O) groups is 1. The molecule has 4 nitrogen and oxygen atoms in total. The van der Waals surface area contributed by atoms with Crippen molar-refractivity contribution in [2.45, 2.75) is 6.18 Å². The summed E-state index contributed by atoms with van der Waals surface area (Å²) < 4.78 is 55.7. The van der Waals surface area contributed by atoms with Crippen molar-refractivity contribution in [3.63, 3.8) is 0 Å². The maximum Gasteiger partial charge on any atom is 0.434 e. The molecule has 29 heavy (non-hydrogen) atoms. The van der Waals surface area contributed by atoms with E-state index in [0.717, 1.165) is 23.7 Å². The van der Waals surface area contributed by atoms with Crippen LogP contribution < -0.4 is 5.32 Å². The number of fused-ring (bicyclic) bond motifs is 1. The van der Waals surface area contributed by atoms with Crippen LogP contribution in [-0.4, -0.2) is 15.7 Å². The van der Waals surface area contributed by atoms with Gasteiger partial charge in [-0.3, -0.25) is 4.79 Å². The van der Waals surface area contributed by atoms with Gasteiger partial charge in [0.1, 0.15) is 11.5 Å². The molecule has 0 saturated carbocycles. The minimum Gasteiger partial charge on any atom is -0.321 e. The fraction of sp³-hybridized carbons (Fsp3) is 0.0476. The number of hydrogen-bond acceptors (Lipinski definition) is 2. The summed E-state index contributed by atoms with van der Waals surface area (Å²) in [6.45, 7) is 0. The number of carbonyl (C=O) groups excluding carboxylic acids is 1. The van der Waals surface area contributed by atoms with Gasteiger partial charge >= 0.3 is 6.18 Å². The van der Waals surface area contributed by atoms with E-state index in [1.54, 1.807) is 24.3 Å². The van der Waals surface area contributed by atoms with Gasteiger partial charge in [-0.2, -0.15) is 18.3 Å². The number of aromatic nitrogens is 2. The van der Waals surface area contributed by atoms with Crippen LogP contribution in [0.15, 0.2) is 72.9 Å². The number of nitrogens with zero attached hydrogens (tertiary/aromatic N) is 2. The SMILES string of the molecule is O=C(Nc1cccc2ccccc12)c1cnn(-c2ccccc2F)c1C(F)(F)F. The minimum absolute atomic E-state index is 0.361. The Bertz CT molecular complexity index is 1210. The number of nitrogens with one attached hydrogen (secondary N) is 1. The van der Waals surface area contributed by atoms with Crippen LogP contribution in [0.5, 0.6) is 0 Å². The van der Waals surface area contributed by atoms with Crippen LogP contribution in [0.1, 0.15) is 16.1 Å². The normalized spacial score (nSPS) is 11.6. The van der Waals surface area contributed by atoms with Crippen LogP contribution in [0.4, 0.5) is 23.2 Å². The Labute approximate surface area is 162 Å². The van der Waals surface area contributed by atoms with Crippen LogP contribution >= 0.6 is 0 Å². The predicted octanol–water partition coefficient (Wildman–Crippen LogP) is 5.44. The monoisotopic (exact) mass is 399 g/mol. The van der Waals surface area contributed by atoms with Crippen molar-refractivity contribution in [3.8, 4) is 5.69 Å². The molecule has 146 valence electrons. The third kappa shape index (κ3) is 3.44. The van der Waals surface area contributed by atoms with Gasteiger partial charge in [0.2, 0.25) is 0 Å². The molecule has 8 heteroatoms. The average molecular weight is 399 g/mol. The summed E-state index contributed by atoms with van der Waals surface area (Å²) in [7, 11) is 0. The molecule has 0 aliphatic heterocycles. The maximum absolute atomic E-state index is 14.0. The molecular formula is C21H13F4N3O. The standard InChI is InChI=1S/C21H13F4N3O/c22-16-9-3-4-11-18(16)28-19(21(23,24)25)15(12-26-28)20(29)27-17-10-5-7-13-6-1-2-8-14(13)17/h1-12H,(H,27,29). The third-order valence-corrected chi connectivity index (χ3v) is 4.40. The van der Waals surface area contributed by atoms with Gasteiger partial charge in [0, 0.05) is 11.1 Å². The Morgan fingerprint density at radius 2 is 1.62 bits per heavy atom. The van der Waals surface area contributed by atoms with Crippen molar-refractivity contribution in [2.24, 2.45) is 0 Å². The Hall–Kier alpha value is -3.68. The molecule has 4 aromatic rings. The zero-order valence-corrected chi connectivity index (χ0v) is 14.7. The lowest BCUT2D eigenvalue weighted by Crippen LogP contribution is -2.21. The molecule has 4 rings (SSSR count). The number of rotatable bonds is 3. The largest absolute Gasteiger partial charge is 0.434 e. The maximum atomic E-state index is 14.0. The van der Waals surface area contributed by atoms with Gasteiger partial charge in [0.05, 0.1) is 11.8 Å². The number of anilines is 1. The van der Waals surface area contributed by atoms with E-state index in [9.17, 15) is 22.4 Å². The fourth-order valence-corrected chi connectivity index (χ4v) is 3.12. The zero-order chi connectivity index (χ0) is 20.6. The van der Waals surface area contributed by atoms with Crippen LogP contribution in [0.3, 0.4) is 0 Å². The molecule has 0 aliphatic carbocycles. The quantitative estimate of drug-likeness (QED) is 0.467. The van der Waals surface area contributed by atoms with E-state index in [-0.39, 0.29) is 0 Å². The van der Waals surface area contributed by atoms with Gasteiger partial charge in [-0.15, -0.1) is 0 Å². The van der Waals surface area contributed by atoms with Crippen molar-refractivity contribution in [1.82, 2.24) is 9.78 Å². The van der Waals surface area contributed by atoms with Crippen LogP contribution in [0.25, 0.3) is 16.5 Å². The topological polar surface area (TPSA) is 46.9 Å². The molecule has 0 fully saturated rings. The molecular weight excluding hydrogens is 386 g/mol. The molecule has 0 radical (unpaired) electrons. The van der Waals surface area contributed by atoms with E-state index in [1.165, 1.54) is 12.1 Å². The highest BCUT2D eigenvalue weighted by atomic mass is 19.4. The summed E-state index contributed by atoms with van der Waals surface area (Å²) in [4.78, 5) is 12.7. The first-order chi connectivity index (χ1) is 13.9. The Morgan fingerprint density at radius 3 is 2.38 bits per heavy atom. The van der Waals surface area contributed by atoms with E-state index < -0.39 is 34.8 Å². The number of para-hydroxylation sites is 1. The first-order valence-electron chi connectivity index (χ1n) is 8.55. The summed E-state index contributed by atoms with van der Waals surface area (Å²) in [6, 6.07) is 17.2. The third-order valence-electron chi connectivity index (χ3n) is 4.40. The van der Waals surface area contributed by atoms with Gasteiger partial charge in [-0.05, 0) is 23.6 Å². The first-order valence-corrected chi connectivity index (χ1v) is 8.55. The molecule has 1 N–H and O–H groups in total. The lowest BCUT2D eigenvalue weighted by molar-refractivity contribution is -0.143. The highest BCUT2D eigenvalue weighted by Gasteiger charge is 2.41. The molecule has 1 amide bonds. The van der Waals surface area contributed by atoms with Crippen molar-refractivity contribution in [3.05, 3.63) is 90.0 Å². The van der Waals surface area contributed by atoms with Crippen molar-refractivity contribution >= 4 is 22.4 Å². The first kappa shape index (κ1) is 18.7. The molecule has 1 aromatic heterocycles. The number of halogens is 4. The molecule has 0 unspecified atom stereocenters. The summed E-state index contributed by atoms with van der Waals surface area (Å²) >= 11 is 0. The minimum atomic E-state index is -4.93. The average Bonchev–Trinajstić information content (AvgIpc) is 3.14. The summed E-state index contributed by atoms with van der Waals surface area (Å²) in [5.41, 5.74) is -2.09. The van der Waals surface area contributed by atoms with Crippen LogP contribution in [0, 0.1) is 5.82 Å². The van der Waals surface area contributed by atoms with Crippen molar-refractivity contribution in [1.29, 1.82) is 0 Å². The number of hydrogen-bond donors (Lipinski definition) is 1. The Morgan fingerprint density at radius 1 is 0.931 bits per heavy atom. The molecule has 0 bridgehead atoms. The summed E-state index contributed by atoms with van der Waals surface area (Å²) in [6.07, 6.45) is -4.14. The molecule has 0 aliphatic rings. The number of benzene rings is 3. The second kappa shape index (κ2) is 7.05. The van der Waals surface area contributed by atoms with Gasteiger partial charge in [0.25, 0.3) is 5.91 Å². The molecule has 0 saturated heterocycles. The molecule has 3 aromatic carbocycles. The van der Waals surface area contributed by atoms with Gasteiger partial charge in [-0.1, -0.05) is 48.5 Å². The van der Waals surface area contributed by atoms with E-state index >= 15 is 0 Å². The summed E-state index contributed by atoms with van der Waals surface area (Å²) in [5, 5.41) is 7.64. The number of alkyl halides is 3. The van der Waals surface area contributed by atoms with E-state index in [1.807, 2.05) is 18.2 Å². The van der Waals surface area contributed by atoms with Gasteiger partial charge in [0.15, 0.2) is 5.69 Å². The number of amides is 1. The molecule has 0 atom stereocenters. The highest BCUT2D eigenvalue weighted by Crippen LogP contribution is 2.35. The van der Waals surface area contributed by atoms with Crippen molar-refractivity contribution < 1.29 is 22.4 Å². The highest BCUT2D eigenvalue weighted by molar-refractivity contribution is 6.09. The second-order valence-electron chi connectivity index (χ2n) is 6.25. The predicted molar refractivity (Wildman–Crippen MR) is 100 cm³/mol. The lowest BCUT2D eigenvalue weighted by Gasteiger charge is -2.14. The summed E-state index contributed by atoms with van der Waals surface area (Å²) in [5.74, 6) is -1.88. The Kier molecular flexibility index (Phi) is 4.54. The Balaban J connectivity index is 1.79. The smallest absolute Gasteiger partial charge is 0.321 e. The lowest BCUT2D eigenvalue weighted by atomic mass is 10.1. The second-order valence-corrected chi connectivity index (χ2v) is 6.25. The van der Waals surface area contributed by atoms with Crippen molar-refractivity contribution in [2.75, 3.05) is 5.32 Å². The van der Waals surface area contributed by atoms with Crippen LogP contribution in [0.2, 0.25) is 0 Å². The zero-order valence-electron chi connectivity index (χ0n) is 14.7. The fourth-order valence-electron chi connectivity index (χ4n) is 3.12. The van der Waals surface area contributed by atoms with Crippen LogP contribution in [-0.2, 0) is 6.18 Å².